The van der Waals surface area contributed by atoms with Crippen molar-refractivity contribution in [3.8, 4) is 0 Å². The average Bonchev–Trinajstić information content (AvgIpc) is 2.28. The van der Waals surface area contributed by atoms with Crippen LogP contribution in [0.1, 0.15) is 10.4 Å². The number of hydrogen-bond acceptors (Lipinski definition) is 5. The van der Waals surface area contributed by atoms with Gasteiger partial charge in [-0.15, -0.1) is 0 Å². The van der Waals surface area contributed by atoms with E-state index in [9.17, 15) is 14.9 Å². The molecule has 1 rings (SSSR count). The highest BCUT2D eigenvalue weighted by molar-refractivity contribution is 5.95. The predicted molar refractivity (Wildman–Crippen MR) is 63.8 cm³/mol. The Balaban J connectivity index is 2.82. The highest BCUT2D eigenvalue weighted by atomic mass is 16.6. The van der Waals surface area contributed by atoms with Crippen molar-refractivity contribution in [2.45, 2.75) is 0 Å². The minimum absolute atomic E-state index is 0.188. The van der Waals surface area contributed by atoms with E-state index in [2.05, 4.69) is 10.6 Å². The highest BCUT2D eigenvalue weighted by Crippen LogP contribution is 2.18. The number of carbonyl (C=O) groups excluding carboxylic acids is 1. The molecule has 0 aliphatic carbocycles. The minimum Gasteiger partial charge on any atom is -0.399 e. The number of nitrogens with zero attached hydrogens (tertiary/aromatic N) is 1. The van der Waals surface area contributed by atoms with Gasteiger partial charge in [-0.05, 0) is 13.1 Å². The number of rotatable bonds is 5. The number of nitrogens with one attached hydrogen (secondary N) is 2. The normalized spacial score (nSPS) is 9.94. The largest absolute Gasteiger partial charge is 0.399 e. The third kappa shape index (κ3) is 3.72. The molecule has 1 amide bonds. The van der Waals surface area contributed by atoms with Crippen LogP contribution in [0.5, 0.6) is 0 Å². The molecule has 0 saturated heterocycles. The number of nitro benzene ring substituents is 1. The number of anilines is 1. The van der Waals surface area contributed by atoms with Crippen molar-refractivity contribution in [3.05, 3.63) is 33.9 Å². The summed E-state index contributed by atoms with van der Waals surface area (Å²) in [6.45, 7) is 1.06. The topological polar surface area (TPSA) is 110 Å². The number of carbonyl (C=O) groups is 1. The second-order valence-corrected chi connectivity index (χ2v) is 3.43. The van der Waals surface area contributed by atoms with Crippen molar-refractivity contribution < 1.29 is 9.72 Å². The van der Waals surface area contributed by atoms with Gasteiger partial charge < -0.3 is 16.4 Å². The van der Waals surface area contributed by atoms with Crippen molar-refractivity contribution in [3.63, 3.8) is 0 Å². The molecule has 0 bridgehead atoms. The minimum atomic E-state index is -0.583. The maximum atomic E-state index is 11.6. The standard InChI is InChI=1S/C10H14N4O3/c1-12-2-3-13-10(15)7-4-8(11)6-9(5-7)14(16)17/h4-6,12H,2-3,11H2,1H3,(H,13,15). The lowest BCUT2D eigenvalue weighted by Crippen LogP contribution is -2.30. The van der Waals surface area contributed by atoms with Crippen molar-refractivity contribution in [1.82, 2.24) is 10.6 Å². The van der Waals surface area contributed by atoms with Gasteiger partial charge in [0.25, 0.3) is 11.6 Å². The highest BCUT2D eigenvalue weighted by Gasteiger charge is 2.12. The fourth-order valence-corrected chi connectivity index (χ4v) is 1.27. The summed E-state index contributed by atoms with van der Waals surface area (Å²) >= 11 is 0. The van der Waals surface area contributed by atoms with E-state index in [-0.39, 0.29) is 22.8 Å². The lowest BCUT2D eigenvalue weighted by atomic mass is 10.1. The number of nitro groups is 1. The van der Waals surface area contributed by atoms with Gasteiger partial charge in [-0.2, -0.15) is 0 Å². The van der Waals surface area contributed by atoms with Crippen molar-refractivity contribution in [2.24, 2.45) is 0 Å². The number of hydrogen-bond donors (Lipinski definition) is 3. The molecule has 4 N–H and O–H groups in total. The van der Waals surface area contributed by atoms with Crippen molar-refractivity contribution in [1.29, 1.82) is 0 Å². The SMILES string of the molecule is CNCCNC(=O)c1cc(N)cc([N+](=O)[O-])c1. The van der Waals surface area contributed by atoms with Crippen LogP contribution in [0, 0.1) is 10.1 Å². The monoisotopic (exact) mass is 238 g/mol. The van der Waals surface area contributed by atoms with Gasteiger partial charge in [-0.1, -0.05) is 0 Å². The van der Waals surface area contributed by atoms with E-state index in [4.69, 9.17) is 5.73 Å². The van der Waals surface area contributed by atoms with E-state index < -0.39 is 4.92 Å². The fourth-order valence-electron chi connectivity index (χ4n) is 1.27. The first-order chi connectivity index (χ1) is 8.04. The summed E-state index contributed by atoms with van der Waals surface area (Å²) in [6.07, 6.45) is 0. The molecule has 17 heavy (non-hydrogen) atoms. The van der Waals surface area contributed by atoms with E-state index in [1.807, 2.05) is 0 Å². The van der Waals surface area contributed by atoms with Crippen LogP contribution < -0.4 is 16.4 Å². The molecule has 0 spiro atoms. The Bertz CT molecular complexity index is 434. The number of amides is 1. The Labute approximate surface area is 98.1 Å². The third-order valence-corrected chi connectivity index (χ3v) is 2.07. The zero-order chi connectivity index (χ0) is 12.8. The Hall–Kier alpha value is -2.15. The Morgan fingerprint density at radius 1 is 1.41 bits per heavy atom. The summed E-state index contributed by atoms with van der Waals surface area (Å²) in [5.74, 6) is -0.379. The van der Waals surface area contributed by atoms with Crippen LogP contribution >= 0.6 is 0 Å². The molecule has 0 aromatic heterocycles. The molecule has 1 aromatic rings. The van der Waals surface area contributed by atoms with Crippen LogP contribution in [0.2, 0.25) is 0 Å². The van der Waals surface area contributed by atoms with E-state index in [1.165, 1.54) is 18.2 Å². The smallest absolute Gasteiger partial charge is 0.272 e. The number of nitrogens with two attached hydrogens (primary N) is 1. The van der Waals surface area contributed by atoms with Crippen molar-refractivity contribution in [2.75, 3.05) is 25.9 Å². The second kappa shape index (κ2) is 5.80. The predicted octanol–water partition coefficient (Wildman–Crippen LogP) is 0.126. The molecule has 92 valence electrons. The van der Waals surface area contributed by atoms with Crippen LogP contribution in [-0.2, 0) is 0 Å². The van der Waals surface area contributed by atoms with Gasteiger partial charge in [-0.25, -0.2) is 0 Å². The first-order valence-electron chi connectivity index (χ1n) is 5.02. The Morgan fingerprint density at radius 3 is 2.71 bits per heavy atom. The maximum absolute atomic E-state index is 11.6. The van der Waals surface area contributed by atoms with Gasteiger partial charge in [0, 0.05) is 36.5 Å². The molecule has 0 saturated carbocycles. The van der Waals surface area contributed by atoms with Crippen LogP contribution in [0.3, 0.4) is 0 Å². The first-order valence-corrected chi connectivity index (χ1v) is 5.02. The van der Waals surface area contributed by atoms with E-state index in [0.717, 1.165) is 0 Å². The number of nitrogen functional groups attached to an aromatic ring is 1. The second-order valence-electron chi connectivity index (χ2n) is 3.43. The lowest BCUT2D eigenvalue weighted by Gasteiger charge is -2.05. The van der Waals surface area contributed by atoms with Gasteiger partial charge in [0.2, 0.25) is 0 Å². The quantitative estimate of drug-likeness (QED) is 0.292. The van der Waals surface area contributed by atoms with E-state index >= 15 is 0 Å². The summed E-state index contributed by atoms with van der Waals surface area (Å²) < 4.78 is 0. The number of non-ortho nitro benzene ring substituents is 1. The van der Waals surface area contributed by atoms with Crippen LogP contribution in [0.25, 0.3) is 0 Å². The molecule has 0 radical (unpaired) electrons. The first kappa shape index (κ1) is 12.9. The lowest BCUT2D eigenvalue weighted by molar-refractivity contribution is -0.384. The summed E-state index contributed by atoms with van der Waals surface area (Å²) in [5.41, 5.74) is 5.68. The Morgan fingerprint density at radius 2 is 2.12 bits per heavy atom. The summed E-state index contributed by atoms with van der Waals surface area (Å²) in [4.78, 5) is 21.6. The van der Waals surface area contributed by atoms with Gasteiger partial charge in [0.1, 0.15) is 0 Å². The van der Waals surface area contributed by atoms with Crippen LogP contribution in [0.4, 0.5) is 11.4 Å². The molecule has 1 aromatic carbocycles. The zero-order valence-corrected chi connectivity index (χ0v) is 9.40. The summed E-state index contributed by atoms with van der Waals surface area (Å²) in [6, 6.07) is 3.82. The Kier molecular flexibility index (Phi) is 4.41. The summed E-state index contributed by atoms with van der Waals surface area (Å²) in [7, 11) is 1.76. The maximum Gasteiger partial charge on any atom is 0.272 e. The molecule has 0 heterocycles. The third-order valence-electron chi connectivity index (χ3n) is 2.07. The van der Waals surface area contributed by atoms with Gasteiger partial charge in [0.15, 0.2) is 0 Å². The molecule has 0 aliphatic heterocycles. The molecule has 0 unspecified atom stereocenters. The average molecular weight is 238 g/mol. The van der Waals surface area contributed by atoms with Gasteiger partial charge >= 0.3 is 0 Å². The molecule has 0 fully saturated rings. The van der Waals surface area contributed by atoms with Crippen LogP contribution in [0.15, 0.2) is 18.2 Å². The fraction of sp³-hybridized carbons (Fsp3) is 0.300. The van der Waals surface area contributed by atoms with Crippen LogP contribution in [-0.4, -0.2) is 31.0 Å². The molecule has 0 aliphatic rings. The molecular formula is C10H14N4O3. The van der Waals surface area contributed by atoms with Crippen molar-refractivity contribution >= 4 is 17.3 Å². The van der Waals surface area contributed by atoms with Gasteiger partial charge in [-0.3, -0.25) is 14.9 Å². The van der Waals surface area contributed by atoms with E-state index in [1.54, 1.807) is 7.05 Å². The molecular weight excluding hydrogens is 224 g/mol. The number of likely N-dealkylation sites (N-methyl/N-ethyl adjacent to an activating group) is 1. The number of benzene rings is 1. The summed E-state index contributed by atoms with van der Waals surface area (Å²) in [5, 5.41) is 16.1. The zero-order valence-electron chi connectivity index (χ0n) is 9.40. The van der Waals surface area contributed by atoms with E-state index in [0.29, 0.717) is 13.1 Å². The molecule has 7 nitrogen and oxygen atoms in total. The van der Waals surface area contributed by atoms with Gasteiger partial charge in [0.05, 0.1) is 4.92 Å². The molecule has 7 heteroatoms. The molecule has 0 atom stereocenters.